The Labute approximate surface area is 75.0 Å². The van der Waals surface area contributed by atoms with Crippen LogP contribution in [0.1, 0.15) is 0 Å². The molecule has 1 heterocycles. The Kier molecular flexibility index (Phi) is 1.64. The number of nitrogens with zero attached hydrogens (tertiary/aromatic N) is 3. The normalized spacial score (nSPS) is 9.85. The van der Waals surface area contributed by atoms with Gasteiger partial charge in [0.05, 0.1) is 5.69 Å². The van der Waals surface area contributed by atoms with Crippen LogP contribution in [0.5, 0.6) is 0 Å². The maximum absolute atomic E-state index is 8.64. The molecule has 0 atom stereocenters. The number of anilines is 1. The fourth-order valence-electron chi connectivity index (χ4n) is 1.11. The molecule has 0 bridgehead atoms. The zero-order chi connectivity index (χ0) is 9.26. The van der Waals surface area contributed by atoms with Gasteiger partial charge in [-0.3, -0.25) is 4.90 Å². The summed E-state index contributed by atoms with van der Waals surface area (Å²) in [4.78, 5) is 5.44. The largest absolute Gasteiger partial charge is 0.443 e. The van der Waals surface area contributed by atoms with Crippen LogP contribution in [0.4, 0.5) is 5.69 Å². The standard InChI is InChI=1S/C9H7N3O/c1-12(5-10)7-2-3-8-9(4-7)13-6-11-8/h2-4,6H,1H3. The minimum atomic E-state index is 0.694. The van der Waals surface area contributed by atoms with E-state index in [0.29, 0.717) is 5.58 Å². The van der Waals surface area contributed by atoms with Crippen molar-refractivity contribution in [3.63, 3.8) is 0 Å². The molecule has 1 aromatic carbocycles. The molecule has 0 aliphatic heterocycles. The van der Waals surface area contributed by atoms with Gasteiger partial charge in [0, 0.05) is 13.1 Å². The highest BCUT2D eigenvalue weighted by atomic mass is 16.3. The lowest BCUT2D eigenvalue weighted by Crippen LogP contribution is -2.07. The lowest BCUT2D eigenvalue weighted by molar-refractivity contribution is 0.602. The first-order chi connectivity index (χ1) is 6.31. The van der Waals surface area contributed by atoms with Crippen LogP contribution in [-0.2, 0) is 0 Å². The molecule has 1 aromatic heterocycles. The summed E-state index contributed by atoms with van der Waals surface area (Å²) in [5, 5.41) is 8.64. The third-order valence-electron chi connectivity index (χ3n) is 1.85. The van der Waals surface area contributed by atoms with Crippen molar-refractivity contribution >= 4 is 16.8 Å². The van der Waals surface area contributed by atoms with Gasteiger partial charge < -0.3 is 4.42 Å². The fourth-order valence-corrected chi connectivity index (χ4v) is 1.11. The van der Waals surface area contributed by atoms with E-state index in [9.17, 15) is 0 Å². The molecule has 0 amide bonds. The van der Waals surface area contributed by atoms with Crippen molar-refractivity contribution in [3.8, 4) is 6.19 Å². The van der Waals surface area contributed by atoms with E-state index in [1.54, 1.807) is 13.1 Å². The number of fused-ring (bicyclic) bond motifs is 1. The van der Waals surface area contributed by atoms with Gasteiger partial charge in [0.25, 0.3) is 0 Å². The minimum Gasteiger partial charge on any atom is -0.443 e. The second-order valence-electron chi connectivity index (χ2n) is 2.66. The van der Waals surface area contributed by atoms with Gasteiger partial charge in [0.15, 0.2) is 18.2 Å². The number of hydrogen-bond acceptors (Lipinski definition) is 4. The molecule has 13 heavy (non-hydrogen) atoms. The monoisotopic (exact) mass is 173 g/mol. The van der Waals surface area contributed by atoms with Gasteiger partial charge in [-0.05, 0) is 12.1 Å². The van der Waals surface area contributed by atoms with Crippen molar-refractivity contribution in [3.05, 3.63) is 24.6 Å². The molecule has 0 aliphatic carbocycles. The van der Waals surface area contributed by atoms with Crippen molar-refractivity contribution in [1.82, 2.24) is 4.98 Å². The van der Waals surface area contributed by atoms with Gasteiger partial charge in [0.1, 0.15) is 5.52 Å². The second kappa shape index (κ2) is 2.79. The van der Waals surface area contributed by atoms with Gasteiger partial charge >= 0.3 is 0 Å². The van der Waals surface area contributed by atoms with E-state index in [1.165, 1.54) is 11.3 Å². The highest BCUT2D eigenvalue weighted by Crippen LogP contribution is 2.19. The Hall–Kier alpha value is -2.02. The Morgan fingerprint density at radius 3 is 3.15 bits per heavy atom. The Morgan fingerprint density at radius 1 is 1.54 bits per heavy atom. The van der Waals surface area contributed by atoms with Crippen LogP contribution in [0.2, 0.25) is 0 Å². The third kappa shape index (κ3) is 1.20. The van der Waals surface area contributed by atoms with Gasteiger partial charge in [-0.15, -0.1) is 0 Å². The Morgan fingerprint density at radius 2 is 2.38 bits per heavy atom. The first-order valence-electron chi connectivity index (χ1n) is 3.78. The van der Waals surface area contributed by atoms with Crippen molar-refractivity contribution < 1.29 is 4.42 Å². The van der Waals surface area contributed by atoms with E-state index in [-0.39, 0.29) is 0 Å². The molecule has 2 aromatic rings. The summed E-state index contributed by atoms with van der Waals surface area (Å²) in [7, 11) is 1.69. The molecule has 0 spiro atoms. The van der Waals surface area contributed by atoms with E-state index >= 15 is 0 Å². The first kappa shape index (κ1) is 7.62. The van der Waals surface area contributed by atoms with E-state index in [2.05, 4.69) is 4.98 Å². The molecule has 64 valence electrons. The number of hydrogen-bond donors (Lipinski definition) is 0. The minimum absolute atomic E-state index is 0.694. The number of oxazole rings is 1. The zero-order valence-electron chi connectivity index (χ0n) is 7.06. The van der Waals surface area contributed by atoms with Crippen LogP contribution in [0.15, 0.2) is 29.0 Å². The number of aromatic nitrogens is 1. The summed E-state index contributed by atoms with van der Waals surface area (Å²) >= 11 is 0. The smallest absolute Gasteiger partial charge is 0.183 e. The van der Waals surface area contributed by atoms with E-state index in [1.807, 2.05) is 18.3 Å². The average molecular weight is 173 g/mol. The predicted molar refractivity (Wildman–Crippen MR) is 48.0 cm³/mol. The van der Waals surface area contributed by atoms with Crippen LogP contribution in [0.25, 0.3) is 11.1 Å². The number of benzene rings is 1. The third-order valence-corrected chi connectivity index (χ3v) is 1.85. The van der Waals surface area contributed by atoms with Crippen LogP contribution in [-0.4, -0.2) is 12.0 Å². The van der Waals surface area contributed by atoms with Crippen LogP contribution in [0, 0.1) is 11.5 Å². The lowest BCUT2D eigenvalue weighted by Gasteiger charge is -2.06. The molecule has 0 saturated carbocycles. The average Bonchev–Trinajstić information content (AvgIpc) is 2.63. The van der Waals surface area contributed by atoms with Gasteiger partial charge in [-0.1, -0.05) is 0 Å². The van der Waals surface area contributed by atoms with Crippen LogP contribution < -0.4 is 4.90 Å². The molecule has 0 fully saturated rings. The molecule has 0 unspecified atom stereocenters. The lowest BCUT2D eigenvalue weighted by atomic mass is 10.3. The predicted octanol–water partition coefficient (Wildman–Crippen LogP) is 1.75. The Balaban J connectivity index is 2.55. The quantitative estimate of drug-likeness (QED) is 0.487. The van der Waals surface area contributed by atoms with E-state index in [0.717, 1.165) is 11.2 Å². The summed E-state index contributed by atoms with van der Waals surface area (Å²) < 4.78 is 5.11. The van der Waals surface area contributed by atoms with Crippen LogP contribution in [0.3, 0.4) is 0 Å². The molecule has 4 heteroatoms. The van der Waals surface area contributed by atoms with Crippen molar-refractivity contribution in [2.75, 3.05) is 11.9 Å². The molecular formula is C9H7N3O. The SMILES string of the molecule is CN(C#N)c1ccc2ncoc2c1. The second-order valence-corrected chi connectivity index (χ2v) is 2.66. The highest BCUT2D eigenvalue weighted by Gasteiger charge is 2.02. The molecule has 0 saturated heterocycles. The molecule has 0 radical (unpaired) electrons. The molecular weight excluding hydrogens is 166 g/mol. The number of rotatable bonds is 1. The van der Waals surface area contributed by atoms with Crippen molar-refractivity contribution in [1.29, 1.82) is 5.26 Å². The summed E-state index contributed by atoms with van der Waals surface area (Å²) in [5.41, 5.74) is 2.29. The summed E-state index contributed by atoms with van der Waals surface area (Å²) in [6, 6.07) is 5.43. The first-order valence-corrected chi connectivity index (χ1v) is 3.78. The highest BCUT2D eigenvalue weighted by molar-refractivity contribution is 5.77. The summed E-state index contributed by atoms with van der Waals surface area (Å²) in [6.45, 7) is 0. The summed E-state index contributed by atoms with van der Waals surface area (Å²) in [5.74, 6) is 0. The number of nitriles is 1. The van der Waals surface area contributed by atoms with Gasteiger partial charge in [-0.2, -0.15) is 5.26 Å². The van der Waals surface area contributed by atoms with E-state index < -0.39 is 0 Å². The van der Waals surface area contributed by atoms with E-state index in [4.69, 9.17) is 9.68 Å². The van der Waals surface area contributed by atoms with Crippen LogP contribution >= 0.6 is 0 Å². The topological polar surface area (TPSA) is 53.1 Å². The fraction of sp³-hybridized carbons (Fsp3) is 0.111. The summed E-state index contributed by atoms with van der Waals surface area (Å²) in [6.07, 6.45) is 3.40. The van der Waals surface area contributed by atoms with Gasteiger partial charge in [-0.25, -0.2) is 4.98 Å². The zero-order valence-corrected chi connectivity index (χ0v) is 7.06. The van der Waals surface area contributed by atoms with Gasteiger partial charge in [0.2, 0.25) is 0 Å². The Bertz CT molecular complexity index is 469. The molecule has 0 aliphatic rings. The maximum Gasteiger partial charge on any atom is 0.183 e. The molecule has 4 nitrogen and oxygen atoms in total. The van der Waals surface area contributed by atoms with Crippen molar-refractivity contribution in [2.45, 2.75) is 0 Å². The molecule has 2 rings (SSSR count). The molecule has 0 N–H and O–H groups in total. The van der Waals surface area contributed by atoms with Crippen molar-refractivity contribution in [2.24, 2.45) is 0 Å². The maximum atomic E-state index is 8.64.